The van der Waals surface area contributed by atoms with E-state index in [1.54, 1.807) is 6.07 Å². The highest BCUT2D eigenvalue weighted by Gasteiger charge is 2.15. The summed E-state index contributed by atoms with van der Waals surface area (Å²) in [6, 6.07) is 4.59. The van der Waals surface area contributed by atoms with Gasteiger partial charge in [0.15, 0.2) is 11.4 Å². The summed E-state index contributed by atoms with van der Waals surface area (Å²) in [5.74, 6) is 0.0617. The van der Waals surface area contributed by atoms with Crippen LogP contribution >= 0.6 is 0 Å². The van der Waals surface area contributed by atoms with Gasteiger partial charge in [-0.05, 0) is 28.8 Å². The van der Waals surface area contributed by atoms with E-state index in [2.05, 4.69) is 15.4 Å². The van der Waals surface area contributed by atoms with Crippen LogP contribution in [0.4, 0.5) is 10.1 Å². The molecule has 20 heavy (non-hydrogen) atoms. The topological polar surface area (TPSA) is 84.7 Å². The van der Waals surface area contributed by atoms with Gasteiger partial charge in [-0.1, -0.05) is 0 Å². The minimum Gasteiger partial charge on any atom is -0.505 e. The van der Waals surface area contributed by atoms with E-state index in [-0.39, 0.29) is 11.4 Å². The van der Waals surface area contributed by atoms with Crippen molar-refractivity contribution in [3.05, 3.63) is 35.5 Å². The fourth-order valence-electron chi connectivity index (χ4n) is 2.18. The number of aromatic nitrogens is 2. The van der Waals surface area contributed by atoms with E-state index < -0.39 is 6.86 Å². The molecule has 0 bridgehead atoms. The molecule has 0 aliphatic heterocycles. The number of hydrogen-bond donors (Lipinski definition) is 1. The van der Waals surface area contributed by atoms with Gasteiger partial charge in [0.1, 0.15) is 5.75 Å². The number of nitroso groups, excluding NO2 is 1. The molecule has 0 atom stereocenters. The molecule has 6 nitrogen and oxygen atoms in total. The van der Waals surface area contributed by atoms with Gasteiger partial charge in [0.05, 0.1) is 12.4 Å². The molecule has 1 heterocycles. The molecule has 3 aromatic rings. The number of halogens is 1. The summed E-state index contributed by atoms with van der Waals surface area (Å²) in [4.78, 5) is 10.9. The second-order valence-electron chi connectivity index (χ2n) is 4.07. The lowest BCUT2D eigenvalue weighted by atomic mass is 10.0. The highest BCUT2D eigenvalue weighted by atomic mass is 19.1. The standard InChI is InChI=1S/C13H8FN3O3/c14-6-20-7-1-2-8-9(3-7)10-4-15-16-5-11(10)12(17-19)13(8)18/h1-5,18H,6H2. The van der Waals surface area contributed by atoms with Crippen molar-refractivity contribution in [1.29, 1.82) is 0 Å². The summed E-state index contributed by atoms with van der Waals surface area (Å²) in [6.45, 7) is -0.955. The average molecular weight is 273 g/mol. The largest absolute Gasteiger partial charge is 0.505 e. The van der Waals surface area contributed by atoms with Crippen molar-refractivity contribution in [1.82, 2.24) is 10.2 Å². The van der Waals surface area contributed by atoms with Gasteiger partial charge in [-0.15, -0.1) is 4.91 Å². The number of rotatable bonds is 3. The van der Waals surface area contributed by atoms with Crippen LogP contribution in [-0.4, -0.2) is 22.2 Å². The molecule has 0 saturated carbocycles. The van der Waals surface area contributed by atoms with Crippen molar-refractivity contribution in [2.24, 2.45) is 5.18 Å². The smallest absolute Gasteiger partial charge is 0.228 e. The third kappa shape index (κ3) is 1.71. The second-order valence-corrected chi connectivity index (χ2v) is 4.07. The molecule has 1 N–H and O–H groups in total. The third-order valence-electron chi connectivity index (χ3n) is 3.06. The summed E-state index contributed by atoms with van der Waals surface area (Å²) in [7, 11) is 0. The van der Waals surface area contributed by atoms with E-state index >= 15 is 0 Å². The van der Waals surface area contributed by atoms with Crippen LogP contribution in [0.2, 0.25) is 0 Å². The van der Waals surface area contributed by atoms with Crippen LogP contribution in [0.3, 0.4) is 0 Å². The lowest BCUT2D eigenvalue weighted by molar-refractivity contribution is 0.192. The van der Waals surface area contributed by atoms with Crippen molar-refractivity contribution in [2.45, 2.75) is 0 Å². The van der Waals surface area contributed by atoms with E-state index in [0.29, 0.717) is 27.3 Å². The number of benzene rings is 2. The van der Waals surface area contributed by atoms with Gasteiger partial charge in [-0.3, -0.25) is 0 Å². The highest BCUT2D eigenvalue weighted by molar-refractivity contribution is 6.15. The number of phenols is 1. The first-order chi connectivity index (χ1) is 9.76. The molecule has 3 rings (SSSR count). The molecule has 0 aliphatic rings. The normalized spacial score (nSPS) is 10.8. The maximum Gasteiger partial charge on any atom is 0.228 e. The fraction of sp³-hybridized carbons (Fsp3) is 0.0769. The predicted molar refractivity (Wildman–Crippen MR) is 70.8 cm³/mol. The summed E-state index contributed by atoms with van der Waals surface area (Å²) in [6.07, 6.45) is 2.79. The van der Waals surface area contributed by atoms with Gasteiger partial charge in [-0.25, -0.2) is 4.39 Å². The Morgan fingerprint density at radius 2 is 1.90 bits per heavy atom. The van der Waals surface area contributed by atoms with E-state index in [0.717, 1.165) is 0 Å². The average Bonchev–Trinajstić information content (AvgIpc) is 2.48. The zero-order chi connectivity index (χ0) is 14.1. The molecule has 0 radical (unpaired) electrons. The second kappa shape index (κ2) is 4.69. The Labute approximate surface area is 111 Å². The lowest BCUT2D eigenvalue weighted by Crippen LogP contribution is -1.91. The van der Waals surface area contributed by atoms with E-state index in [4.69, 9.17) is 4.74 Å². The number of nitrogens with zero attached hydrogens (tertiary/aromatic N) is 3. The Kier molecular flexibility index (Phi) is 2.86. The Bertz CT molecular complexity index is 823. The molecular weight excluding hydrogens is 265 g/mol. The van der Waals surface area contributed by atoms with Crippen LogP contribution in [0.5, 0.6) is 11.5 Å². The predicted octanol–water partition coefficient (Wildman–Crippen LogP) is 3.19. The van der Waals surface area contributed by atoms with E-state index in [9.17, 15) is 14.4 Å². The monoisotopic (exact) mass is 273 g/mol. The lowest BCUT2D eigenvalue weighted by Gasteiger charge is -2.09. The van der Waals surface area contributed by atoms with Crippen molar-refractivity contribution < 1.29 is 14.2 Å². The first-order valence-electron chi connectivity index (χ1n) is 5.67. The molecule has 7 heteroatoms. The van der Waals surface area contributed by atoms with Crippen LogP contribution in [0.1, 0.15) is 0 Å². The molecule has 0 amide bonds. The number of ether oxygens (including phenoxy) is 1. The molecular formula is C13H8FN3O3. The number of alkyl halides is 1. The van der Waals surface area contributed by atoms with Crippen molar-refractivity contribution in [2.75, 3.05) is 6.86 Å². The molecule has 0 unspecified atom stereocenters. The van der Waals surface area contributed by atoms with Crippen molar-refractivity contribution in [3.8, 4) is 11.5 Å². The third-order valence-corrected chi connectivity index (χ3v) is 3.06. The van der Waals surface area contributed by atoms with E-state index in [1.807, 2.05) is 0 Å². The van der Waals surface area contributed by atoms with Crippen LogP contribution in [0.15, 0.2) is 35.8 Å². The molecule has 1 aromatic heterocycles. The van der Waals surface area contributed by atoms with Gasteiger partial charge >= 0.3 is 0 Å². The van der Waals surface area contributed by atoms with Gasteiger partial charge in [-0.2, -0.15) is 10.2 Å². The van der Waals surface area contributed by atoms with Crippen LogP contribution in [0, 0.1) is 4.91 Å². The van der Waals surface area contributed by atoms with Crippen LogP contribution in [-0.2, 0) is 0 Å². The molecule has 0 spiro atoms. The molecule has 0 fully saturated rings. The van der Waals surface area contributed by atoms with E-state index in [1.165, 1.54) is 24.5 Å². The van der Waals surface area contributed by atoms with Crippen molar-refractivity contribution in [3.63, 3.8) is 0 Å². The van der Waals surface area contributed by atoms with Gasteiger partial charge in [0.25, 0.3) is 0 Å². The quantitative estimate of drug-likeness (QED) is 0.585. The van der Waals surface area contributed by atoms with Crippen LogP contribution in [0.25, 0.3) is 21.5 Å². The first-order valence-corrected chi connectivity index (χ1v) is 5.67. The summed E-state index contributed by atoms with van der Waals surface area (Å²) in [5.41, 5.74) is -0.0958. The maximum atomic E-state index is 12.2. The number of fused-ring (bicyclic) bond motifs is 3. The first kappa shape index (κ1) is 12.2. The molecule has 0 saturated heterocycles. The summed E-state index contributed by atoms with van der Waals surface area (Å²) in [5, 5.41) is 22.3. The Morgan fingerprint density at radius 1 is 1.15 bits per heavy atom. The molecule has 2 aromatic carbocycles. The molecule has 0 aliphatic carbocycles. The zero-order valence-electron chi connectivity index (χ0n) is 10.1. The van der Waals surface area contributed by atoms with Gasteiger partial charge in [0.2, 0.25) is 6.86 Å². The Hall–Kier alpha value is -2.83. The number of phenolic OH excluding ortho intramolecular Hbond substituents is 1. The number of aromatic hydroxyl groups is 1. The SMILES string of the molecule is O=Nc1c(O)c2ccc(OCF)cc2c2cnncc12. The van der Waals surface area contributed by atoms with Gasteiger partial charge < -0.3 is 9.84 Å². The fourth-order valence-corrected chi connectivity index (χ4v) is 2.18. The minimum atomic E-state index is -0.955. The summed E-state index contributed by atoms with van der Waals surface area (Å²) < 4.78 is 17.0. The van der Waals surface area contributed by atoms with Gasteiger partial charge in [0, 0.05) is 16.2 Å². The summed E-state index contributed by atoms with van der Waals surface area (Å²) >= 11 is 0. The number of hydrogen-bond acceptors (Lipinski definition) is 6. The Balaban J connectivity index is 2.47. The minimum absolute atomic E-state index is 0.0958. The molecule has 100 valence electrons. The van der Waals surface area contributed by atoms with Crippen molar-refractivity contribution >= 4 is 27.2 Å². The Morgan fingerprint density at radius 3 is 2.60 bits per heavy atom. The zero-order valence-corrected chi connectivity index (χ0v) is 10.1. The highest BCUT2D eigenvalue weighted by Crippen LogP contribution is 2.43. The maximum absolute atomic E-state index is 12.2. The van der Waals surface area contributed by atoms with Crippen LogP contribution < -0.4 is 4.74 Å².